The van der Waals surface area contributed by atoms with E-state index in [9.17, 15) is 107 Å². The predicted molar refractivity (Wildman–Crippen MR) is 370 cm³/mol. The van der Waals surface area contributed by atoms with Crippen LogP contribution in [0.15, 0.2) is 42.0 Å². The Balaban J connectivity index is 0.861. The second-order valence-corrected chi connectivity index (χ2v) is 33.8. The van der Waals surface area contributed by atoms with Gasteiger partial charge in [-0.05, 0) is 136 Å². The van der Waals surface area contributed by atoms with Gasteiger partial charge in [-0.3, -0.25) is 9.59 Å². The van der Waals surface area contributed by atoms with Gasteiger partial charge in [-0.1, -0.05) is 51.5 Å². The summed E-state index contributed by atoms with van der Waals surface area (Å²) in [6.45, 7) is 8.77. The minimum Gasteiger partial charge on any atom is -0.497 e. The maximum atomic E-state index is 16.4. The van der Waals surface area contributed by atoms with Gasteiger partial charge < -0.3 is 163 Å². The zero-order valence-electron chi connectivity index (χ0n) is 63.0. The molecule has 11 aliphatic rings. The number of methoxy groups -OCH3 is 1. The number of hydrogen-bond donors (Lipinski definition) is 19. The van der Waals surface area contributed by atoms with Gasteiger partial charge in [0, 0.05) is 11.5 Å². The largest absolute Gasteiger partial charge is 0.497 e. The number of ether oxygens (including phenoxy) is 14. The number of carbonyl (C=O) groups excluding carboxylic acids is 2. The van der Waals surface area contributed by atoms with E-state index in [2.05, 4.69) is 20.8 Å². The second kappa shape index (κ2) is 33.3. The van der Waals surface area contributed by atoms with Crippen molar-refractivity contribution < 1.29 is 178 Å². The molecule has 12 rings (SSSR count). The smallest absolute Gasteiger partial charge is 0.331 e. The van der Waals surface area contributed by atoms with E-state index >= 15 is 4.79 Å². The van der Waals surface area contributed by atoms with Crippen LogP contribution in [-0.2, 0) is 76.0 Å². The Labute approximate surface area is 639 Å². The lowest BCUT2D eigenvalue weighted by molar-refractivity contribution is -0.393. The molecule has 0 amide bonds. The molecule has 36 heteroatoms. The summed E-state index contributed by atoms with van der Waals surface area (Å²) in [4.78, 5) is 44.7. The normalized spacial score (nSPS) is 49.9. The topological polar surface area (TPSA) is 565 Å². The molecule has 0 unspecified atom stereocenters. The van der Waals surface area contributed by atoms with E-state index in [1.54, 1.807) is 24.3 Å². The number of allylic oxidation sites excluding steroid dienone is 1. The summed E-state index contributed by atoms with van der Waals surface area (Å²) in [6, 6.07) is 6.57. The number of rotatable bonds is 21. The van der Waals surface area contributed by atoms with Crippen molar-refractivity contribution >= 4 is 24.0 Å². The maximum absolute atomic E-state index is 16.4. The molecule has 0 bridgehead atoms. The quantitative estimate of drug-likeness (QED) is 0.0239. The van der Waals surface area contributed by atoms with Crippen LogP contribution in [0.2, 0.25) is 0 Å². The molecule has 6 saturated heterocycles. The molecule has 628 valence electrons. The number of aliphatic carboxylic acids is 1. The van der Waals surface area contributed by atoms with E-state index in [1.165, 1.54) is 34.0 Å². The van der Waals surface area contributed by atoms with Crippen molar-refractivity contribution in [2.75, 3.05) is 40.1 Å². The van der Waals surface area contributed by atoms with Crippen LogP contribution in [0, 0.1) is 50.2 Å². The SMILES string of the molecule is COc1ccc(C=CC(=O)O[C@@H]2[C@H](O[C@@H]3O[C@H](CO)[C@@H](O)[C@H](O)[C@H]3O)[C@@H](O[C@@H]3O[C@@H](C)[C@H](O[C@@H]4OC[C@@H](O[C@@H]5O[C@H](CO)[C@H](O)[C@H](O)[C@H]5O)[C@H](O)[C@H]4O)[C@@H](O)[C@H]3O)[C@H](OC(=O)[C@]34CCC(C)(C)C[C@H]3C3=CC[C@@H]5[C@@]6(C)C[C@H](O)[C@H](O[C@@H]7O[C@H](CO)[C@@H](O)[C@H](O)[C@H]7O)[C@@](C)(C(=O)O)[C@@H]6CC[C@@]5(C)[C@]3(CO)CC4)O[C@@H]2C)cc1. The molecule has 6 aliphatic heterocycles. The summed E-state index contributed by atoms with van der Waals surface area (Å²) >= 11 is 0. The molecule has 36 nitrogen and oxygen atoms in total. The van der Waals surface area contributed by atoms with E-state index in [0.717, 1.165) is 11.6 Å². The van der Waals surface area contributed by atoms with E-state index in [4.69, 9.17) is 66.3 Å². The van der Waals surface area contributed by atoms with Crippen LogP contribution in [-0.4, -0.2) is 345 Å². The highest BCUT2D eigenvalue weighted by molar-refractivity contribution is 5.87. The monoisotopic (exact) mass is 1590 g/mol. The molecule has 4 saturated carbocycles. The summed E-state index contributed by atoms with van der Waals surface area (Å²) < 4.78 is 85.0. The van der Waals surface area contributed by atoms with Gasteiger partial charge in [0.2, 0.25) is 6.29 Å². The fourth-order valence-electron chi connectivity index (χ4n) is 20.5. The number of carbonyl (C=O) groups is 3. The lowest BCUT2D eigenvalue weighted by Gasteiger charge is -2.71. The lowest BCUT2D eigenvalue weighted by Crippen LogP contribution is -2.71. The first kappa shape index (κ1) is 86.1. The van der Waals surface area contributed by atoms with E-state index in [0.29, 0.717) is 30.6 Å². The number of carboxylic acid groups (broad SMARTS) is 1. The van der Waals surface area contributed by atoms with Gasteiger partial charge in [0.05, 0.1) is 69.3 Å². The summed E-state index contributed by atoms with van der Waals surface area (Å²) in [6.07, 6.45) is -49.5. The zero-order chi connectivity index (χ0) is 80.8. The number of aliphatic hydroxyl groups is 18. The molecular formula is C75H112O36. The van der Waals surface area contributed by atoms with Crippen molar-refractivity contribution in [3.05, 3.63) is 47.6 Å². The molecule has 1 aromatic carbocycles. The first-order chi connectivity index (χ1) is 52.3. The molecule has 39 atom stereocenters. The second-order valence-electron chi connectivity index (χ2n) is 33.8. The summed E-state index contributed by atoms with van der Waals surface area (Å²) in [5, 5.41) is 211. The minimum atomic E-state index is -2.22. The van der Waals surface area contributed by atoms with Gasteiger partial charge in [-0.25, -0.2) is 4.79 Å². The van der Waals surface area contributed by atoms with Gasteiger partial charge in [-0.2, -0.15) is 0 Å². The Kier molecular flexibility index (Phi) is 25.8. The number of fused-ring (bicyclic) bond motifs is 7. The first-order valence-electron chi connectivity index (χ1n) is 38.1. The standard InChI is InChI=1S/C75H112O36/c1-30-57(107-62-52(90)47(85)40(28-99-62)105-64-53(91)48(86)44(82)37(25-76)102-64)51(89)56(94)63(100-30)109-60-59(108-65-54(92)49(87)45(83)38(26-77)103-65)58(106-43(81)16-11-32-9-12-33(98-8)13-10-32)31(2)101-67(60)111-69(97)74-20-19-70(3,4)23-35(74)34-14-15-41-71(5)24-36(80)61(110-66-55(93)50(88)46(84)39(27-78)104-66)73(7,68(95)96)42(71)17-18-72(41,6)75(34,29-79)22-21-74/h9-14,16,30-31,35-42,44-67,76-80,82-94H,15,17-29H2,1-8H3,(H,95,96)/t30-,31+,35-,36-,37+,38+,39+,40+,41+,42+,44-,45+,46+,47-,48-,49-,50-,51-,52+,53+,54+,55+,56+,57-,58-,59-,60+,61-,62-,63-,64-,65-,66-,67-,71+,72+,73-,74-,75-/m0/s1. The minimum absolute atomic E-state index is 0.0390. The first-order valence-corrected chi connectivity index (χ1v) is 38.1. The van der Waals surface area contributed by atoms with Crippen LogP contribution < -0.4 is 4.74 Å². The maximum Gasteiger partial charge on any atom is 0.331 e. The van der Waals surface area contributed by atoms with Gasteiger partial charge in [0.1, 0.15) is 128 Å². The third-order valence-electron chi connectivity index (χ3n) is 27.0. The van der Waals surface area contributed by atoms with Crippen molar-refractivity contribution in [3.63, 3.8) is 0 Å². The van der Waals surface area contributed by atoms with Gasteiger partial charge >= 0.3 is 17.9 Å². The molecule has 6 heterocycles. The molecule has 5 aliphatic carbocycles. The molecule has 0 radical (unpaired) electrons. The zero-order valence-corrected chi connectivity index (χ0v) is 63.0. The van der Waals surface area contributed by atoms with Crippen molar-refractivity contribution in [1.29, 1.82) is 0 Å². The molecule has 19 N–H and O–H groups in total. The fraction of sp³-hybridized carbons (Fsp3) is 0.827. The van der Waals surface area contributed by atoms with Crippen LogP contribution in [0.25, 0.3) is 6.08 Å². The average Bonchev–Trinajstić information content (AvgIpc) is 0.668. The van der Waals surface area contributed by atoms with Gasteiger partial charge in [0.25, 0.3) is 0 Å². The van der Waals surface area contributed by atoms with Crippen molar-refractivity contribution in [2.24, 2.45) is 50.2 Å². The third-order valence-corrected chi connectivity index (χ3v) is 27.0. The Hall–Kier alpha value is -4.25. The molecule has 1 aromatic rings. The molecular weight excluding hydrogens is 1480 g/mol. The van der Waals surface area contributed by atoms with Crippen LogP contribution in [0.1, 0.15) is 112 Å². The van der Waals surface area contributed by atoms with Crippen LogP contribution in [0.5, 0.6) is 5.75 Å². The summed E-state index contributed by atoms with van der Waals surface area (Å²) in [5.41, 5.74) is -5.54. The number of carboxylic acids is 1. The molecule has 0 aromatic heterocycles. The fourth-order valence-corrected chi connectivity index (χ4v) is 20.5. The van der Waals surface area contributed by atoms with Crippen LogP contribution in [0.3, 0.4) is 0 Å². The Bertz CT molecular complexity index is 3440. The number of aliphatic hydroxyl groups excluding tert-OH is 18. The number of esters is 2. The van der Waals surface area contributed by atoms with E-state index in [-0.39, 0.29) is 38.5 Å². The van der Waals surface area contributed by atoms with E-state index < -0.39 is 292 Å². The van der Waals surface area contributed by atoms with Crippen LogP contribution in [0.4, 0.5) is 0 Å². The molecule has 0 spiro atoms. The number of benzene rings is 1. The predicted octanol–water partition coefficient (Wildman–Crippen LogP) is -4.41. The Morgan fingerprint density at radius 3 is 1.60 bits per heavy atom. The Morgan fingerprint density at radius 2 is 1.04 bits per heavy atom. The third kappa shape index (κ3) is 15.3. The highest BCUT2D eigenvalue weighted by Crippen LogP contribution is 2.76. The van der Waals surface area contributed by atoms with Crippen molar-refractivity contribution in [3.8, 4) is 5.75 Å². The highest BCUT2D eigenvalue weighted by Gasteiger charge is 2.74. The molecule has 10 fully saturated rings. The van der Waals surface area contributed by atoms with Crippen molar-refractivity contribution in [2.45, 2.75) is 297 Å². The van der Waals surface area contributed by atoms with Gasteiger partial charge in [0.15, 0.2) is 43.7 Å². The Morgan fingerprint density at radius 1 is 0.523 bits per heavy atom. The summed E-state index contributed by atoms with van der Waals surface area (Å²) in [5.74, 6) is -4.60. The number of hydrogen-bond acceptors (Lipinski definition) is 35. The highest BCUT2D eigenvalue weighted by atomic mass is 16.8. The molecule has 111 heavy (non-hydrogen) atoms. The van der Waals surface area contributed by atoms with Crippen molar-refractivity contribution in [1.82, 2.24) is 0 Å². The lowest BCUT2D eigenvalue weighted by atomic mass is 9.33. The summed E-state index contributed by atoms with van der Waals surface area (Å²) in [7, 11) is 1.47. The van der Waals surface area contributed by atoms with E-state index in [1.807, 2.05) is 13.0 Å². The van der Waals surface area contributed by atoms with Gasteiger partial charge in [-0.15, -0.1) is 0 Å². The van der Waals surface area contributed by atoms with Crippen LogP contribution >= 0.6 is 0 Å². The average molecular weight is 1590 g/mol.